The number of nitrogens with zero attached hydrogens (tertiary/aromatic N) is 1. The molecular weight excluding hydrogens is 202 g/mol. The van der Waals surface area contributed by atoms with E-state index in [1.54, 1.807) is 0 Å². The zero-order chi connectivity index (χ0) is 12.3. The van der Waals surface area contributed by atoms with Gasteiger partial charge in [0.2, 0.25) is 5.78 Å². The molecule has 2 atom stereocenters. The van der Waals surface area contributed by atoms with E-state index in [0.29, 0.717) is 12.1 Å². The van der Waals surface area contributed by atoms with Gasteiger partial charge >= 0.3 is 0 Å². The lowest BCUT2D eigenvalue weighted by molar-refractivity contribution is -0.111. The van der Waals surface area contributed by atoms with Crippen molar-refractivity contribution < 1.29 is 9.53 Å². The molecule has 0 bridgehead atoms. The van der Waals surface area contributed by atoms with Gasteiger partial charge in [-0.05, 0) is 33.6 Å². The molecule has 16 heavy (non-hydrogen) atoms. The summed E-state index contributed by atoms with van der Waals surface area (Å²) in [4.78, 5) is 13.2. The van der Waals surface area contributed by atoms with Crippen molar-refractivity contribution in [3.05, 3.63) is 0 Å². The van der Waals surface area contributed by atoms with E-state index >= 15 is 0 Å². The Morgan fingerprint density at radius 3 is 2.25 bits per heavy atom. The average Bonchev–Trinajstić information content (AvgIpc) is 2.14. The number of hydrogen-bond donors (Lipinski definition) is 0. The number of carbonyl (C=O) groups excluding carboxylic acids is 1. The standard InChI is InChI=1S/C13H21NO2/c1-10-8-16-9-11(2)14(10)13(4,5)7-6-12(3)15/h10-11H,8-9H2,1-5H3. The lowest BCUT2D eigenvalue weighted by Gasteiger charge is -2.46. The lowest BCUT2D eigenvalue weighted by atomic mass is 9.97. The fourth-order valence-electron chi connectivity index (χ4n) is 2.41. The molecule has 1 saturated heterocycles. The molecule has 0 aromatic carbocycles. The maximum atomic E-state index is 10.9. The number of hydrogen-bond acceptors (Lipinski definition) is 3. The molecule has 1 rings (SSSR count). The SMILES string of the molecule is CC(=O)C#CC(C)(C)N1C(C)COCC1C. The Morgan fingerprint density at radius 2 is 1.81 bits per heavy atom. The van der Waals surface area contributed by atoms with Gasteiger partial charge < -0.3 is 4.74 Å². The van der Waals surface area contributed by atoms with Crippen molar-refractivity contribution in [3.8, 4) is 11.8 Å². The van der Waals surface area contributed by atoms with Crippen molar-refractivity contribution in [2.24, 2.45) is 0 Å². The largest absolute Gasteiger partial charge is 0.378 e. The minimum Gasteiger partial charge on any atom is -0.378 e. The molecule has 1 aliphatic heterocycles. The summed E-state index contributed by atoms with van der Waals surface area (Å²) in [5.41, 5.74) is -0.283. The van der Waals surface area contributed by atoms with Crippen LogP contribution in [0.25, 0.3) is 0 Å². The summed E-state index contributed by atoms with van der Waals surface area (Å²) < 4.78 is 5.49. The molecule has 2 unspecified atom stereocenters. The van der Waals surface area contributed by atoms with Crippen molar-refractivity contribution in [2.45, 2.75) is 52.2 Å². The highest BCUT2D eigenvalue weighted by molar-refractivity contribution is 5.93. The van der Waals surface area contributed by atoms with Crippen LogP contribution in [0.4, 0.5) is 0 Å². The molecule has 0 aromatic heterocycles. The van der Waals surface area contributed by atoms with Crippen molar-refractivity contribution in [3.63, 3.8) is 0 Å². The van der Waals surface area contributed by atoms with E-state index in [-0.39, 0.29) is 11.3 Å². The molecule has 0 radical (unpaired) electrons. The zero-order valence-corrected chi connectivity index (χ0v) is 10.8. The maximum Gasteiger partial charge on any atom is 0.202 e. The van der Waals surface area contributed by atoms with E-state index in [2.05, 4.69) is 44.4 Å². The van der Waals surface area contributed by atoms with Crippen LogP contribution < -0.4 is 0 Å². The Bertz CT molecular complexity index is 315. The quantitative estimate of drug-likeness (QED) is 0.498. The Morgan fingerprint density at radius 1 is 1.31 bits per heavy atom. The van der Waals surface area contributed by atoms with Gasteiger partial charge in [0.05, 0.1) is 18.8 Å². The molecule has 0 aliphatic carbocycles. The second-order valence-electron chi connectivity index (χ2n) is 5.01. The molecule has 0 N–H and O–H groups in total. The number of ketones is 1. The van der Waals surface area contributed by atoms with Crippen molar-refractivity contribution >= 4 is 5.78 Å². The Balaban J connectivity index is 2.88. The maximum absolute atomic E-state index is 10.9. The van der Waals surface area contributed by atoms with Gasteiger partial charge in [0.25, 0.3) is 0 Å². The van der Waals surface area contributed by atoms with Crippen molar-refractivity contribution in [1.29, 1.82) is 0 Å². The van der Waals surface area contributed by atoms with Crippen molar-refractivity contribution in [2.75, 3.05) is 13.2 Å². The Labute approximate surface area is 98.1 Å². The number of ether oxygens (including phenoxy) is 1. The summed E-state index contributed by atoms with van der Waals surface area (Å²) in [6.07, 6.45) is 0. The molecule has 0 amide bonds. The van der Waals surface area contributed by atoms with E-state index in [1.165, 1.54) is 6.92 Å². The molecule has 0 spiro atoms. The van der Waals surface area contributed by atoms with Crippen LogP contribution in [-0.2, 0) is 9.53 Å². The summed E-state index contributed by atoms with van der Waals surface area (Å²) in [5.74, 6) is 5.63. The molecule has 90 valence electrons. The van der Waals surface area contributed by atoms with E-state index in [9.17, 15) is 4.79 Å². The summed E-state index contributed by atoms with van der Waals surface area (Å²) in [5, 5.41) is 0. The summed E-state index contributed by atoms with van der Waals surface area (Å²) in [6.45, 7) is 11.3. The molecule has 3 heteroatoms. The van der Waals surface area contributed by atoms with Gasteiger partial charge in [0.1, 0.15) is 0 Å². The third kappa shape index (κ3) is 3.07. The summed E-state index contributed by atoms with van der Waals surface area (Å²) in [6, 6.07) is 0.667. The first-order chi connectivity index (χ1) is 7.34. The second-order valence-corrected chi connectivity index (χ2v) is 5.01. The first kappa shape index (κ1) is 13.2. The van der Waals surface area contributed by atoms with Gasteiger partial charge in [-0.2, -0.15) is 0 Å². The molecule has 1 aliphatic rings. The van der Waals surface area contributed by atoms with Gasteiger partial charge in [-0.1, -0.05) is 5.92 Å². The van der Waals surface area contributed by atoms with Crippen LogP contribution in [-0.4, -0.2) is 41.5 Å². The number of Topliss-reactive ketones (excluding diaryl/α,β-unsaturated/α-hetero) is 1. The van der Waals surface area contributed by atoms with Crippen molar-refractivity contribution in [1.82, 2.24) is 4.90 Å². The molecule has 0 aromatic rings. The van der Waals surface area contributed by atoms with Crippen LogP contribution in [0.15, 0.2) is 0 Å². The first-order valence-corrected chi connectivity index (χ1v) is 5.74. The van der Waals surface area contributed by atoms with E-state index in [0.717, 1.165) is 13.2 Å². The monoisotopic (exact) mass is 223 g/mol. The minimum absolute atomic E-state index is 0.0818. The predicted molar refractivity (Wildman–Crippen MR) is 64.1 cm³/mol. The molecule has 3 nitrogen and oxygen atoms in total. The van der Waals surface area contributed by atoms with Gasteiger partial charge in [-0.3, -0.25) is 9.69 Å². The highest BCUT2D eigenvalue weighted by Crippen LogP contribution is 2.24. The van der Waals surface area contributed by atoms with Crippen LogP contribution in [0.2, 0.25) is 0 Å². The molecule has 1 heterocycles. The third-order valence-corrected chi connectivity index (χ3v) is 2.86. The minimum atomic E-state index is -0.283. The third-order valence-electron chi connectivity index (χ3n) is 2.86. The normalized spacial score (nSPS) is 27.1. The smallest absolute Gasteiger partial charge is 0.202 e. The van der Waals surface area contributed by atoms with Gasteiger partial charge in [-0.25, -0.2) is 0 Å². The van der Waals surface area contributed by atoms with Crippen LogP contribution >= 0.6 is 0 Å². The fraction of sp³-hybridized carbons (Fsp3) is 0.769. The zero-order valence-electron chi connectivity index (χ0n) is 10.8. The number of carbonyl (C=O) groups is 1. The Kier molecular flexibility index (Phi) is 4.12. The van der Waals surface area contributed by atoms with E-state index in [1.807, 2.05) is 0 Å². The topological polar surface area (TPSA) is 29.5 Å². The van der Waals surface area contributed by atoms with Crippen LogP contribution in [0, 0.1) is 11.8 Å². The summed E-state index contributed by atoms with van der Waals surface area (Å²) >= 11 is 0. The number of rotatable bonds is 1. The second kappa shape index (κ2) is 4.99. The molecule has 1 fully saturated rings. The highest BCUT2D eigenvalue weighted by Gasteiger charge is 2.35. The number of morpholine rings is 1. The summed E-state index contributed by atoms with van der Waals surface area (Å²) in [7, 11) is 0. The van der Waals surface area contributed by atoms with Gasteiger partial charge in [-0.15, -0.1) is 0 Å². The highest BCUT2D eigenvalue weighted by atomic mass is 16.5. The molecular formula is C13H21NO2. The van der Waals surface area contributed by atoms with Crippen LogP contribution in [0.1, 0.15) is 34.6 Å². The van der Waals surface area contributed by atoms with Gasteiger partial charge in [0, 0.05) is 19.0 Å². The fourth-order valence-corrected chi connectivity index (χ4v) is 2.41. The van der Waals surface area contributed by atoms with Gasteiger partial charge in [0.15, 0.2) is 0 Å². The predicted octanol–water partition coefficient (Wildman–Crippen LogP) is 1.47. The average molecular weight is 223 g/mol. The van der Waals surface area contributed by atoms with Crippen LogP contribution in [0.5, 0.6) is 0 Å². The van der Waals surface area contributed by atoms with E-state index in [4.69, 9.17) is 4.74 Å². The Hall–Kier alpha value is -0.850. The lowest BCUT2D eigenvalue weighted by Crippen LogP contribution is -2.58. The van der Waals surface area contributed by atoms with Crippen LogP contribution in [0.3, 0.4) is 0 Å². The first-order valence-electron chi connectivity index (χ1n) is 5.74. The van der Waals surface area contributed by atoms with E-state index < -0.39 is 0 Å². The molecule has 0 saturated carbocycles.